The van der Waals surface area contributed by atoms with Crippen LogP contribution in [0.25, 0.3) is 0 Å². The van der Waals surface area contributed by atoms with Gasteiger partial charge in [-0.25, -0.2) is 8.42 Å². The van der Waals surface area contributed by atoms with E-state index in [0.29, 0.717) is 0 Å². The van der Waals surface area contributed by atoms with Crippen LogP contribution in [0.1, 0.15) is 15.9 Å². The van der Waals surface area contributed by atoms with Crippen LogP contribution in [0, 0.1) is 0 Å². The predicted octanol–water partition coefficient (Wildman–Crippen LogP) is 3.16. The molecule has 3 aromatic rings. The normalized spacial score (nSPS) is 11.2. The molecule has 0 bridgehead atoms. The summed E-state index contributed by atoms with van der Waals surface area (Å²) in [5, 5.41) is 18.7. The van der Waals surface area contributed by atoms with Gasteiger partial charge in [0.15, 0.2) is 5.78 Å². The lowest BCUT2D eigenvalue weighted by molar-refractivity contribution is 0.103. The standard InChI is InChI=1S/C19H14O5S/c20-14-7-5-13(6-8-14)19(22)17-3-1-2-4-18(17)25(23,24)16-11-9-15(21)10-12-16/h1-12,20-21H. The number of benzene rings is 3. The third-order valence-corrected chi connectivity index (χ3v) is 5.53. The molecule has 5 nitrogen and oxygen atoms in total. The average Bonchev–Trinajstić information content (AvgIpc) is 2.62. The summed E-state index contributed by atoms with van der Waals surface area (Å²) < 4.78 is 25.8. The van der Waals surface area contributed by atoms with Gasteiger partial charge in [0, 0.05) is 11.1 Å². The van der Waals surface area contributed by atoms with Gasteiger partial charge in [-0.3, -0.25) is 4.79 Å². The molecule has 2 N–H and O–H groups in total. The second-order valence-corrected chi connectivity index (χ2v) is 7.29. The van der Waals surface area contributed by atoms with Gasteiger partial charge in [-0.2, -0.15) is 0 Å². The Morgan fingerprint density at radius 2 is 1.24 bits per heavy atom. The predicted molar refractivity (Wildman–Crippen MR) is 91.5 cm³/mol. The Balaban J connectivity index is 2.11. The monoisotopic (exact) mass is 354 g/mol. The van der Waals surface area contributed by atoms with Crippen molar-refractivity contribution in [2.75, 3.05) is 0 Å². The zero-order valence-electron chi connectivity index (χ0n) is 13.0. The largest absolute Gasteiger partial charge is 0.508 e. The summed E-state index contributed by atoms with van der Waals surface area (Å²) in [6, 6.07) is 16.7. The van der Waals surface area contributed by atoms with E-state index in [2.05, 4.69) is 0 Å². The minimum atomic E-state index is -3.93. The maximum atomic E-state index is 12.9. The Morgan fingerprint density at radius 3 is 1.84 bits per heavy atom. The highest BCUT2D eigenvalue weighted by Crippen LogP contribution is 2.27. The zero-order valence-corrected chi connectivity index (χ0v) is 13.8. The third kappa shape index (κ3) is 3.25. The number of aromatic hydroxyl groups is 2. The van der Waals surface area contributed by atoms with Gasteiger partial charge in [0.05, 0.1) is 9.79 Å². The number of hydrogen-bond donors (Lipinski definition) is 2. The van der Waals surface area contributed by atoms with Gasteiger partial charge in [0.2, 0.25) is 9.84 Å². The first-order chi connectivity index (χ1) is 11.9. The van der Waals surface area contributed by atoms with Crippen molar-refractivity contribution in [3.05, 3.63) is 83.9 Å². The lowest BCUT2D eigenvalue weighted by Gasteiger charge is -2.10. The fourth-order valence-corrected chi connectivity index (χ4v) is 3.87. The Labute approximate surface area is 144 Å². The summed E-state index contributed by atoms with van der Waals surface area (Å²) in [5.74, 6) is -0.494. The van der Waals surface area contributed by atoms with Crippen molar-refractivity contribution < 1.29 is 23.4 Å². The summed E-state index contributed by atoms with van der Waals surface area (Å²) >= 11 is 0. The second kappa shape index (κ2) is 6.41. The van der Waals surface area contributed by atoms with Gasteiger partial charge in [-0.1, -0.05) is 12.1 Å². The average molecular weight is 354 g/mol. The number of ketones is 1. The van der Waals surface area contributed by atoms with E-state index < -0.39 is 15.6 Å². The fraction of sp³-hybridized carbons (Fsp3) is 0. The minimum Gasteiger partial charge on any atom is -0.508 e. The third-order valence-electron chi connectivity index (χ3n) is 3.70. The number of sulfone groups is 1. The van der Waals surface area contributed by atoms with Crippen LogP contribution >= 0.6 is 0 Å². The number of phenols is 2. The molecule has 0 saturated heterocycles. The first-order valence-corrected chi connectivity index (χ1v) is 8.85. The van der Waals surface area contributed by atoms with Gasteiger partial charge in [-0.15, -0.1) is 0 Å². The van der Waals surface area contributed by atoms with E-state index in [9.17, 15) is 23.4 Å². The molecule has 3 rings (SSSR count). The van der Waals surface area contributed by atoms with Crippen LogP contribution in [-0.2, 0) is 9.84 Å². The summed E-state index contributed by atoms with van der Waals surface area (Å²) in [4.78, 5) is 12.6. The molecule has 126 valence electrons. The van der Waals surface area contributed by atoms with Crippen molar-refractivity contribution in [1.82, 2.24) is 0 Å². The molecule has 0 spiro atoms. The number of rotatable bonds is 4. The Bertz CT molecular complexity index is 1020. The number of phenolic OH excluding ortho intramolecular Hbond substituents is 2. The Hall–Kier alpha value is -3.12. The maximum absolute atomic E-state index is 12.9. The molecule has 25 heavy (non-hydrogen) atoms. The molecular formula is C19H14O5S. The molecule has 0 heterocycles. The van der Waals surface area contributed by atoms with Crippen molar-refractivity contribution in [2.24, 2.45) is 0 Å². The van der Waals surface area contributed by atoms with E-state index in [1.54, 1.807) is 12.1 Å². The number of hydrogen-bond acceptors (Lipinski definition) is 5. The van der Waals surface area contributed by atoms with Gasteiger partial charge in [0.25, 0.3) is 0 Å². The topological polar surface area (TPSA) is 91.7 Å². The van der Waals surface area contributed by atoms with Crippen LogP contribution in [0.2, 0.25) is 0 Å². The second-order valence-electron chi connectivity index (χ2n) is 5.37. The molecule has 0 fully saturated rings. The van der Waals surface area contributed by atoms with Gasteiger partial charge in [0.1, 0.15) is 11.5 Å². The van der Waals surface area contributed by atoms with E-state index in [4.69, 9.17) is 0 Å². The summed E-state index contributed by atoms with van der Waals surface area (Å²) in [6.45, 7) is 0. The van der Waals surface area contributed by atoms with E-state index in [-0.39, 0.29) is 32.4 Å². The first-order valence-electron chi connectivity index (χ1n) is 7.36. The van der Waals surface area contributed by atoms with E-state index in [1.165, 1.54) is 60.7 Å². The molecule has 3 aromatic carbocycles. The van der Waals surface area contributed by atoms with E-state index >= 15 is 0 Å². The summed E-state index contributed by atoms with van der Waals surface area (Å²) in [6.07, 6.45) is 0. The van der Waals surface area contributed by atoms with Gasteiger partial charge < -0.3 is 10.2 Å². The fourth-order valence-electron chi connectivity index (χ4n) is 2.41. The lowest BCUT2D eigenvalue weighted by Crippen LogP contribution is -2.10. The summed E-state index contributed by atoms with van der Waals surface area (Å²) in [7, 11) is -3.93. The molecule has 6 heteroatoms. The first kappa shape index (κ1) is 16.7. The van der Waals surface area contributed by atoms with Crippen LogP contribution in [0.4, 0.5) is 0 Å². The molecule has 0 unspecified atom stereocenters. The molecule has 0 aromatic heterocycles. The van der Waals surface area contributed by atoms with Gasteiger partial charge >= 0.3 is 0 Å². The highest BCUT2D eigenvalue weighted by molar-refractivity contribution is 7.91. The molecule has 0 aliphatic carbocycles. The summed E-state index contributed by atoms with van der Waals surface area (Å²) in [5.41, 5.74) is 0.312. The van der Waals surface area contributed by atoms with Crippen molar-refractivity contribution in [3.63, 3.8) is 0 Å². The van der Waals surface area contributed by atoms with Crippen LogP contribution in [0.3, 0.4) is 0 Å². The SMILES string of the molecule is O=C(c1ccc(O)cc1)c1ccccc1S(=O)(=O)c1ccc(O)cc1. The number of carbonyl (C=O) groups is 1. The van der Waals surface area contributed by atoms with Crippen molar-refractivity contribution in [3.8, 4) is 11.5 Å². The highest BCUT2D eigenvalue weighted by Gasteiger charge is 2.24. The van der Waals surface area contributed by atoms with Crippen molar-refractivity contribution >= 4 is 15.6 Å². The van der Waals surface area contributed by atoms with Crippen LogP contribution in [-0.4, -0.2) is 24.4 Å². The lowest BCUT2D eigenvalue weighted by atomic mass is 10.0. The van der Waals surface area contributed by atoms with E-state index in [0.717, 1.165) is 0 Å². The Kier molecular flexibility index (Phi) is 4.29. The van der Waals surface area contributed by atoms with Gasteiger partial charge in [-0.05, 0) is 60.7 Å². The molecular weight excluding hydrogens is 340 g/mol. The quantitative estimate of drug-likeness (QED) is 0.702. The molecule has 0 aliphatic rings. The van der Waals surface area contributed by atoms with Crippen LogP contribution in [0.15, 0.2) is 82.6 Å². The molecule has 0 amide bonds. The Morgan fingerprint density at radius 1 is 0.720 bits per heavy atom. The van der Waals surface area contributed by atoms with Crippen molar-refractivity contribution in [2.45, 2.75) is 9.79 Å². The van der Waals surface area contributed by atoms with E-state index in [1.807, 2.05) is 0 Å². The maximum Gasteiger partial charge on any atom is 0.207 e. The number of carbonyl (C=O) groups excluding carboxylic acids is 1. The molecule has 0 radical (unpaired) electrons. The minimum absolute atomic E-state index is 0.0153. The molecule has 0 atom stereocenters. The van der Waals surface area contributed by atoms with Crippen LogP contribution < -0.4 is 0 Å². The molecule has 0 aliphatic heterocycles. The smallest absolute Gasteiger partial charge is 0.207 e. The zero-order chi connectivity index (χ0) is 18.0. The molecule has 0 saturated carbocycles. The van der Waals surface area contributed by atoms with Crippen molar-refractivity contribution in [1.29, 1.82) is 0 Å². The van der Waals surface area contributed by atoms with Crippen LogP contribution in [0.5, 0.6) is 11.5 Å². The highest BCUT2D eigenvalue weighted by atomic mass is 32.2.